The second kappa shape index (κ2) is 6.55. The normalized spacial score (nSPS) is 17.1. The van der Waals surface area contributed by atoms with E-state index in [4.69, 9.17) is 4.74 Å². The van der Waals surface area contributed by atoms with Gasteiger partial charge in [0.1, 0.15) is 5.75 Å². The Labute approximate surface area is 143 Å². The number of halogens is 3. The van der Waals surface area contributed by atoms with Gasteiger partial charge < -0.3 is 4.74 Å². The van der Waals surface area contributed by atoms with Crippen molar-refractivity contribution in [1.82, 2.24) is 10.4 Å². The molecule has 1 N–H and O–H groups in total. The van der Waals surface area contributed by atoms with Gasteiger partial charge in [-0.1, -0.05) is 24.3 Å². The minimum absolute atomic E-state index is 0.0218. The van der Waals surface area contributed by atoms with Crippen LogP contribution in [0.1, 0.15) is 31.9 Å². The molecule has 1 aliphatic rings. The zero-order valence-electron chi connectivity index (χ0n) is 13.9. The van der Waals surface area contributed by atoms with Crippen LogP contribution in [0.25, 0.3) is 10.8 Å². The summed E-state index contributed by atoms with van der Waals surface area (Å²) >= 11 is 0. The Morgan fingerprint density at radius 2 is 1.96 bits per heavy atom. The number of rotatable bonds is 4. The summed E-state index contributed by atoms with van der Waals surface area (Å²) in [7, 11) is 0. The molecule has 0 radical (unpaired) electrons. The Morgan fingerprint density at radius 3 is 2.56 bits per heavy atom. The third-order valence-corrected chi connectivity index (χ3v) is 4.02. The highest BCUT2D eigenvalue weighted by molar-refractivity contribution is 5.87. The number of benzene rings is 2. The van der Waals surface area contributed by atoms with E-state index in [1.807, 2.05) is 13.8 Å². The predicted molar refractivity (Wildman–Crippen MR) is 88.0 cm³/mol. The number of nitrogens with zero attached hydrogens (tertiary/aromatic N) is 1. The number of hydrogen-bond acceptors (Lipinski definition) is 3. The molecule has 1 heterocycles. The van der Waals surface area contributed by atoms with Gasteiger partial charge in [-0.25, -0.2) is 5.01 Å². The van der Waals surface area contributed by atoms with Gasteiger partial charge in [-0.3, -0.25) is 10.2 Å². The Balaban J connectivity index is 2.07. The predicted octanol–water partition coefficient (Wildman–Crippen LogP) is 3.97. The van der Waals surface area contributed by atoms with E-state index in [0.29, 0.717) is 16.5 Å². The summed E-state index contributed by atoms with van der Waals surface area (Å²) in [6.45, 7) is 3.79. The topological polar surface area (TPSA) is 41.6 Å². The van der Waals surface area contributed by atoms with Crippen molar-refractivity contribution in [2.24, 2.45) is 0 Å². The Morgan fingerprint density at radius 1 is 1.20 bits per heavy atom. The maximum Gasteiger partial charge on any atom is 0.409 e. The number of alkyl halides is 3. The van der Waals surface area contributed by atoms with Crippen LogP contribution in [0.15, 0.2) is 36.4 Å². The van der Waals surface area contributed by atoms with Crippen molar-refractivity contribution >= 4 is 16.7 Å². The summed E-state index contributed by atoms with van der Waals surface area (Å²) in [5.74, 6) is 0.208. The van der Waals surface area contributed by atoms with Gasteiger partial charge in [-0.05, 0) is 42.3 Å². The molecule has 0 aliphatic carbocycles. The molecular formula is C18H19F3N2O2. The molecule has 0 unspecified atom stereocenters. The van der Waals surface area contributed by atoms with Gasteiger partial charge in [0.2, 0.25) is 5.91 Å². The Kier molecular flexibility index (Phi) is 4.60. The lowest BCUT2D eigenvalue weighted by atomic mass is 9.97. The van der Waals surface area contributed by atoms with Gasteiger partial charge in [0.15, 0.2) is 6.04 Å². The Hall–Kier alpha value is -2.28. The molecule has 0 bridgehead atoms. The second-order valence-corrected chi connectivity index (χ2v) is 6.32. The average molecular weight is 352 g/mol. The maximum absolute atomic E-state index is 13.7. The third-order valence-electron chi connectivity index (χ3n) is 4.02. The second-order valence-electron chi connectivity index (χ2n) is 6.32. The fourth-order valence-corrected chi connectivity index (χ4v) is 3.08. The zero-order valence-corrected chi connectivity index (χ0v) is 13.9. The highest BCUT2D eigenvalue weighted by atomic mass is 19.4. The first-order valence-corrected chi connectivity index (χ1v) is 8.08. The first-order chi connectivity index (χ1) is 11.8. The molecule has 3 rings (SSSR count). The molecule has 2 aromatic rings. The van der Waals surface area contributed by atoms with Crippen LogP contribution in [0, 0.1) is 0 Å². The number of amides is 1. The minimum Gasteiger partial charge on any atom is -0.491 e. The van der Waals surface area contributed by atoms with E-state index in [2.05, 4.69) is 5.43 Å². The van der Waals surface area contributed by atoms with Crippen LogP contribution in [0.2, 0.25) is 0 Å². The van der Waals surface area contributed by atoms with Gasteiger partial charge in [0, 0.05) is 13.0 Å². The molecule has 0 spiro atoms. The van der Waals surface area contributed by atoms with E-state index in [0.717, 1.165) is 5.01 Å². The molecule has 7 heteroatoms. The summed E-state index contributed by atoms with van der Waals surface area (Å²) in [6.07, 6.45) is -4.48. The van der Waals surface area contributed by atoms with Gasteiger partial charge in [-0.15, -0.1) is 0 Å². The molecule has 1 aliphatic heterocycles. The quantitative estimate of drug-likeness (QED) is 0.905. The van der Waals surface area contributed by atoms with Crippen LogP contribution < -0.4 is 10.2 Å². The van der Waals surface area contributed by atoms with Crippen LogP contribution in [0.3, 0.4) is 0 Å². The molecule has 4 nitrogen and oxygen atoms in total. The zero-order chi connectivity index (χ0) is 18.2. The third kappa shape index (κ3) is 3.71. The van der Waals surface area contributed by atoms with Crippen molar-refractivity contribution in [1.29, 1.82) is 0 Å². The molecule has 1 amide bonds. The smallest absolute Gasteiger partial charge is 0.409 e. The lowest BCUT2D eigenvalue weighted by Crippen LogP contribution is -2.43. The van der Waals surface area contributed by atoms with Crippen molar-refractivity contribution < 1.29 is 22.7 Å². The monoisotopic (exact) mass is 352 g/mol. The van der Waals surface area contributed by atoms with Gasteiger partial charge >= 0.3 is 6.18 Å². The van der Waals surface area contributed by atoms with Gasteiger partial charge in [0.25, 0.3) is 0 Å². The number of ether oxygens (including phenoxy) is 1. The molecule has 25 heavy (non-hydrogen) atoms. The standard InChI is InChI=1S/C18H19F3N2O2/c1-11(2)25-13-6-7-14-12(10-13)4-3-5-15(14)17(18(19,20)21)23-9-8-16(24)22-23/h3-7,10-11,17H,8-9H2,1-2H3,(H,22,24)/t17-/m0/s1. The molecule has 0 saturated carbocycles. The summed E-state index contributed by atoms with van der Waals surface area (Å²) in [5.41, 5.74) is 2.43. The van der Waals surface area contributed by atoms with Crippen molar-refractivity contribution in [2.75, 3.05) is 6.54 Å². The Bertz CT molecular complexity index is 789. The largest absolute Gasteiger partial charge is 0.491 e. The summed E-state index contributed by atoms with van der Waals surface area (Å²) < 4.78 is 46.9. The number of carbonyl (C=O) groups is 1. The SMILES string of the molecule is CC(C)Oc1ccc2c([C@H](N3CCC(=O)N3)C(F)(F)F)cccc2c1. The first-order valence-electron chi connectivity index (χ1n) is 8.08. The van der Waals surface area contributed by atoms with Gasteiger partial charge in [0.05, 0.1) is 6.10 Å². The van der Waals surface area contributed by atoms with E-state index in [-0.39, 0.29) is 24.6 Å². The van der Waals surface area contributed by atoms with Crippen LogP contribution in [0.5, 0.6) is 5.75 Å². The highest BCUT2D eigenvalue weighted by Crippen LogP contribution is 2.41. The number of hydrazine groups is 1. The van der Waals surface area contributed by atoms with Crippen LogP contribution >= 0.6 is 0 Å². The van der Waals surface area contributed by atoms with Crippen molar-refractivity contribution in [3.05, 3.63) is 42.0 Å². The number of nitrogens with one attached hydrogen (secondary N) is 1. The molecule has 0 aromatic heterocycles. The summed E-state index contributed by atoms with van der Waals surface area (Å²) in [5, 5.41) is 2.12. The van der Waals surface area contributed by atoms with Gasteiger partial charge in [-0.2, -0.15) is 13.2 Å². The average Bonchev–Trinajstić information content (AvgIpc) is 2.91. The summed E-state index contributed by atoms with van der Waals surface area (Å²) in [6, 6.07) is 7.94. The van der Waals surface area contributed by atoms with Crippen LogP contribution in [0.4, 0.5) is 13.2 Å². The van der Waals surface area contributed by atoms with Crippen molar-refractivity contribution in [3.63, 3.8) is 0 Å². The first kappa shape index (κ1) is 17.5. The van der Waals surface area contributed by atoms with E-state index in [9.17, 15) is 18.0 Å². The van der Waals surface area contributed by atoms with Crippen LogP contribution in [-0.2, 0) is 4.79 Å². The highest BCUT2D eigenvalue weighted by Gasteiger charge is 2.47. The fraction of sp³-hybridized carbons (Fsp3) is 0.389. The molecule has 1 fully saturated rings. The number of carbonyl (C=O) groups excluding carboxylic acids is 1. The number of hydrogen-bond donors (Lipinski definition) is 1. The van der Waals surface area contributed by atoms with E-state index < -0.39 is 18.1 Å². The van der Waals surface area contributed by atoms with E-state index >= 15 is 0 Å². The maximum atomic E-state index is 13.7. The molecule has 1 saturated heterocycles. The number of fused-ring (bicyclic) bond motifs is 1. The van der Waals surface area contributed by atoms with E-state index in [1.54, 1.807) is 30.3 Å². The minimum atomic E-state index is -4.51. The lowest BCUT2D eigenvalue weighted by molar-refractivity contribution is -0.190. The van der Waals surface area contributed by atoms with Crippen LogP contribution in [-0.4, -0.2) is 29.7 Å². The van der Waals surface area contributed by atoms with E-state index in [1.165, 1.54) is 6.07 Å². The lowest BCUT2D eigenvalue weighted by Gasteiger charge is -2.30. The summed E-state index contributed by atoms with van der Waals surface area (Å²) in [4.78, 5) is 11.4. The fourth-order valence-electron chi connectivity index (χ4n) is 3.08. The molecule has 2 aromatic carbocycles. The molecule has 1 atom stereocenters. The molecule has 134 valence electrons. The van der Waals surface area contributed by atoms with Crippen molar-refractivity contribution in [3.8, 4) is 5.75 Å². The van der Waals surface area contributed by atoms with Crippen molar-refractivity contribution in [2.45, 2.75) is 38.6 Å². The molecular weight excluding hydrogens is 333 g/mol.